The summed E-state index contributed by atoms with van der Waals surface area (Å²) in [5.74, 6) is -5.63. The van der Waals surface area contributed by atoms with E-state index < -0.39 is 56.6 Å². The van der Waals surface area contributed by atoms with Crippen molar-refractivity contribution in [3.8, 4) is 0 Å². The number of carbonyl (C=O) groups is 2. The summed E-state index contributed by atoms with van der Waals surface area (Å²) in [5.41, 5.74) is 0. The number of hydrogen-bond donors (Lipinski definition) is 0. The fourth-order valence-electron chi connectivity index (χ4n) is 3.65. The molecule has 0 aromatic rings. The first-order valence-corrected chi connectivity index (χ1v) is 16.4. The van der Waals surface area contributed by atoms with E-state index in [1.807, 2.05) is 0 Å². The number of unbranched alkanes of at least 4 members (excludes halogenated alkanes) is 15. The number of rotatable bonds is 25. The van der Waals surface area contributed by atoms with Crippen LogP contribution in [-0.4, -0.2) is 68.9 Å². The molecule has 0 radical (unpaired) electrons. The van der Waals surface area contributed by atoms with Crippen LogP contribution in [0.2, 0.25) is 0 Å². The van der Waals surface area contributed by atoms with Gasteiger partial charge in [-0.15, -0.1) is 0 Å². The predicted molar refractivity (Wildman–Crippen MR) is 135 cm³/mol. The van der Waals surface area contributed by atoms with Crippen molar-refractivity contribution in [1.82, 2.24) is 0 Å². The molecule has 0 heterocycles. The van der Waals surface area contributed by atoms with Gasteiger partial charge in [0.15, 0.2) is 6.61 Å². The SMILES string of the molecule is CCCCCCCCCCCCCCCCCCOC(COC(=O)CS(=O)(=O)[O-])OC(=O)CS(=O)(=O)[O-].[Na+].[Na+]. The molecule has 0 N–H and O–H groups in total. The van der Waals surface area contributed by atoms with Gasteiger partial charge in [0.05, 0.1) is 6.61 Å². The Bertz CT molecular complexity index is 822. The Morgan fingerprint density at radius 3 is 1.36 bits per heavy atom. The van der Waals surface area contributed by atoms with Crippen molar-refractivity contribution in [2.75, 3.05) is 24.7 Å². The van der Waals surface area contributed by atoms with Crippen molar-refractivity contribution in [3.05, 3.63) is 0 Å². The molecule has 11 nitrogen and oxygen atoms in total. The Balaban J connectivity index is -0.00000648. The minimum absolute atomic E-state index is 0. The van der Waals surface area contributed by atoms with Gasteiger partial charge in [0.1, 0.15) is 31.7 Å². The first kappa shape index (κ1) is 44.2. The van der Waals surface area contributed by atoms with Crippen LogP contribution in [0.3, 0.4) is 0 Å². The molecule has 1 atom stereocenters. The van der Waals surface area contributed by atoms with Crippen LogP contribution in [-0.2, 0) is 44.0 Å². The van der Waals surface area contributed by atoms with Gasteiger partial charge in [-0.3, -0.25) is 9.59 Å². The van der Waals surface area contributed by atoms with Gasteiger partial charge < -0.3 is 23.3 Å². The quantitative estimate of drug-likeness (QED) is 0.0356. The van der Waals surface area contributed by atoms with Crippen molar-refractivity contribution >= 4 is 32.2 Å². The predicted octanol–water partition coefficient (Wildman–Crippen LogP) is -2.22. The summed E-state index contributed by atoms with van der Waals surface area (Å²) in [7, 11) is -9.74. The van der Waals surface area contributed by atoms with E-state index >= 15 is 0 Å². The molecule has 39 heavy (non-hydrogen) atoms. The van der Waals surface area contributed by atoms with E-state index in [0.29, 0.717) is 6.42 Å². The Labute approximate surface area is 279 Å². The maximum absolute atomic E-state index is 11.6. The van der Waals surface area contributed by atoms with E-state index in [1.54, 1.807) is 0 Å². The monoisotopic (exact) mass is 618 g/mol. The van der Waals surface area contributed by atoms with Crippen LogP contribution in [0, 0.1) is 0 Å². The van der Waals surface area contributed by atoms with Crippen molar-refractivity contribution in [1.29, 1.82) is 0 Å². The Hall–Kier alpha value is 0.720. The Morgan fingerprint density at radius 2 is 0.974 bits per heavy atom. The third-order valence-electron chi connectivity index (χ3n) is 5.53. The normalized spacial score (nSPS) is 12.2. The molecule has 220 valence electrons. The zero-order valence-electron chi connectivity index (χ0n) is 24.0. The molecule has 0 aliphatic carbocycles. The van der Waals surface area contributed by atoms with Crippen LogP contribution in [0.15, 0.2) is 0 Å². The van der Waals surface area contributed by atoms with Gasteiger partial charge in [-0.25, -0.2) is 16.8 Å². The van der Waals surface area contributed by atoms with Gasteiger partial charge in [-0.1, -0.05) is 103 Å². The first-order valence-electron chi connectivity index (χ1n) is 13.3. The van der Waals surface area contributed by atoms with E-state index in [1.165, 1.54) is 70.6 Å². The molecule has 0 spiro atoms. The van der Waals surface area contributed by atoms with Crippen molar-refractivity contribution < 1.29 is 109 Å². The second-order valence-electron chi connectivity index (χ2n) is 9.18. The molecule has 15 heteroatoms. The van der Waals surface area contributed by atoms with Crippen molar-refractivity contribution in [3.63, 3.8) is 0 Å². The van der Waals surface area contributed by atoms with Gasteiger partial charge in [0.25, 0.3) is 0 Å². The molecule has 0 aromatic carbocycles. The molecule has 0 aliphatic heterocycles. The molecular weight excluding hydrogens is 574 g/mol. The van der Waals surface area contributed by atoms with Crippen LogP contribution in [0.1, 0.15) is 110 Å². The molecule has 0 fully saturated rings. The molecule has 0 saturated heterocycles. The zero-order valence-corrected chi connectivity index (χ0v) is 29.7. The third kappa shape index (κ3) is 34.8. The fraction of sp³-hybridized carbons (Fsp3) is 0.917. The Kier molecular flexibility index (Phi) is 31.2. The van der Waals surface area contributed by atoms with Crippen LogP contribution in [0.4, 0.5) is 0 Å². The van der Waals surface area contributed by atoms with E-state index in [2.05, 4.69) is 11.7 Å². The zero-order chi connectivity index (χ0) is 28.0. The minimum Gasteiger partial charge on any atom is -0.748 e. The molecule has 0 aromatic heterocycles. The molecule has 0 saturated carbocycles. The molecule has 0 amide bonds. The summed E-state index contributed by atoms with van der Waals surface area (Å²) >= 11 is 0. The molecule has 0 rings (SSSR count). The van der Waals surface area contributed by atoms with Gasteiger partial charge in [0, 0.05) is 0 Å². The van der Waals surface area contributed by atoms with E-state index in [0.717, 1.165) is 25.7 Å². The molecule has 0 aliphatic rings. The summed E-state index contributed by atoms with van der Waals surface area (Å²) < 4.78 is 78.4. The van der Waals surface area contributed by atoms with Gasteiger partial charge >= 0.3 is 71.1 Å². The summed E-state index contributed by atoms with van der Waals surface area (Å²) in [6, 6.07) is 0. The standard InChI is InChI=1S/C24H46O11S2.2Na/c1-2-3-4-5-6-7-8-9-10-11-12-13-14-15-16-17-18-33-24(35-23(26)21-37(30,31)32)19-34-22(25)20-36(27,28)29;;/h24H,2-21H2,1H3,(H,27,28,29)(H,30,31,32);;/q;2*+1/p-2. The topological polar surface area (TPSA) is 176 Å². The van der Waals surface area contributed by atoms with Crippen molar-refractivity contribution in [2.24, 2.45) is 0 Å². The summed E-state index contributed by atoms with van der Waals surface area (Å²) in [4.78, 5) is 22.9. The number of ether oxygens (including phenoxy) is 3. The fourth-order valence-corrected chi connectivity index (χ4v) is 4.38. The van der Waals surface area contributed by atoms with Gasteiger partial charge in [-0.2, -0.15) is 0 Å². The van der Waals surface area contributed by atoms with E-state index in [-0.39, 0.29) is 65.7 Å². The van der Waals surface area contributed by atoms with Gasteiger partial charge in [0.2, 0.25) is 6.29 Å². The summed E-state index contributed by atoms with van der Waals surface area (Å²) in [6.07, 6.45) is 17.5. The molecular formula is C24H44Na2O11S2. The van der Waals surface area contributed by atoms with Crippen molar-refractivity contribution in [2.45, 2.75) is 116 Å². The van der Waals surface area contributed by atoms with E-state index in [4.69, 9.17) is 9.47 Å². The maximum Gasteiger partial charge on any atom is 1.00 e. The average Bonchev–Trinajstić information content (AvgIpc) is 2.77. The van der Waals surface area contributed by atoms with Crippen LogP contribution < -0.4 is 59.1 Å². The minimum atomic E-state index is -4.89. The van der Waals surface area contributed by atoms with Crippen LogP contribution in [0.25, 0.3) is 0 Å². The number of hydrogen-bond acceptors (Lipinski definition) is 11. The second kappa shape index (κ2) is 27.5. The average molecular weight is 619 g/mol. The van der Waals surface area contributed by atoms with Crippen LogP contribution in [0.5, 0.6) is 0 Å². The summed E-state index contributed by atoms with van der Waals surface area (Å²) in [5, 5.41) is 0. The largest absolute Gasteiger partial charge is 1.00 e. The molecule has 1 unspecified atom stereocenters. The van der Waals surface area contributed by atoms with E-state index in [9.17, 15) is 35.5 Å². The summed E-state index contributed by atoms with van der Waals surface area (Å²) in [6.45, 7) is 1.57. The number of carbonyl (C=O) groups excluding carboxylic acids is 2. The smallest absolute Gasteiger partial charge is 0.748 e. The first-order chi connectivity index (χ1) is 17.4. The maximum atomic E-state index is 11.6. The third-order valence-corrected chi connectivity index (χ3v) is 6.71. The van der Waals surface area contributed by atoms with Gasteiger partial charge in [-0.05, 0) is 6.42 Å². The van der Waals surface area contributed by atoms with Crippen LogP contribution >= 0.6 is 0 Å². The second-order valence-corrected chi connectivity index (χ2v) is 12.0. The molecule has 0 bridgehead atoms. The Morgan fingerprint density at radius 1 is 0.615 bits per heavy atom. The number of esters is 2.